The number of carbonyl (C=O) groups is 2. The summed E-state index contributed by atoms with van der Waals surface area (Å²) in [6.07, 6.45) is 50.6. The van der Waals surface area contributed by atoms with Crippen molar-refractivity contribution in [1.82, 2.24) is 0 Å². The zero-order valence-electron chi connectivity index (χ0n) is 33.4. The van der Waals surface area contributed by atoms with Crippen LogP contribution in [-0.4, -0.2) is 41.0 Å². The molecule has 0 fully saturated rings. The van der Waals surface area contributed by atoms with Crippen LogP contribution in [-0.2, 0) is 28.2 Å². The van der Waals surface area contributed by atoms with Crippen molar-refractivity contribution in [2.24, 2.45) is 0 Å². The molecule has 0 saturated carbocycles. The van der Waals surface area contributed by atoms with Gasteiger partial charge in [0.25, 0.3) is 0 Å². The van der Waals surface area contributed by atoms with Crippen molar-refractivity contribution in [2.75, 3.05) is 13.2 Å². The van der Waals surface area contributed by atoms with Gasteiger partial charge in [0.1, 0.15) is 6.61 Å². The molecule has 2 N–H and O–H groups in total. The van der Waals surface area contributed by atoms with Crippen molar-refractivity contribution < 1.29 is 37.9 Å². The van der Waals surface area contributed by atoms with Crippen LogP contribution < -0.4 is 0 Å². The lowest BCUT2D eigenvalue weighted by Gasteiger charge is -2.18. The lowest BCUT2D eigenvalue weighted by Crippen LogP contribution is -2.29. The monoisotopic (exact) mass is 763 g/mol. The van der Waals surface area contributed by atoms with Gasteiger partial charge in [-0.25, -0.2) is 4.57 Å². The first kappa shape index (κ1) is 50.5. The molecule has 0 radical (unpaired) electrons. The third-order valence-electron chi connectivity index (χ3n) is 8.55. The molecule has 0 bridgehead atoms. The molecule has 0 amide bonds. The number of hydrogen-bond donors (Lipinski definition) is 2. The molecule has 53 heavy (non-hydrogen) atoms. The smallest absolute Gasteiger partial charge is 0.462 e. The second kappa shape index (κ2) is 39.2. The van der Waals surface area contributed by atoms with Gasteiger partial charge < -0.3 is 19.3 Å². The molecule has 1 unspecified atom stereocenters. The Balaban J connectivity index is 3.95. The Labute approximate surface area is 323 Å². The maximum absolute atomic E-state index is 12.4. The molecule has 8 nitrogen and oxygen atoms in total. The second-order valence-electron chi connectivity index (χ2n) is 13.7. The summed E-state index contributed by atoms with van der Waals surface area (Å²) >= 11 is 0. The van der Waals surface area contributed by atoms with E-state index in [1.807, 2.05) is 36.5 Å². The van der Waals surface area contributed by atoms with Crippen molar-refractivity contribution in [3.05, 3.63) is 72.9 Å². The highest BCUT2D eigenvalue weighted by molar-refractivity contribution is 7.46. The van der Waals surface area contributed by atoms with Crippen molar-refractivity contribution in [3.8, 4) is 0 Å². The molecule has 0 aliphatic carbocycles. The van der Waals surface area contributed by atoms with Gasteiger partial charge >= 0.3 is 19.8 Å². The van der Waals surface area contributed by atoms with E-state index in [9.17, 15) is 14.2 Å². The topological polar surface area (TPSA) is 119 Å². The summed E-state index contributed by atoms with van der Waals surface area (Å²) in [5.41, 5.74) is 0. The van der Waals surface area contributed by atoms with Crippen molar-refractivity contribution in [3.63, 3.8) is 0 Å². The van der Waals surface area contributed by atoms with E-state index >= 15 is 0 Å². The molecule has 9 heteroatoms. The minimum Gasteiger partial charge on any atom is -0.462 e. The predicted molar refractivity (Wildman–Crippen MR) is 220 cm³/mol. The van der Waals surface area contributed by atoms with Crippen molar-refractivity contribution in [2.45, 2.75) is 180 Å². The SMILES string of the molecule is CC/C=C/C=C/C=C/C=C/CCCCCC(=O)OC(COC(=O)CCCCCCCCC/C=C/C/C=C/CCCCCCCCCC)COP(=O)(O)O. The van der Waals surface area contributed by atoms with Gasteiger partial charge in [-0.1, -0.05) is 170 Å². The fourth-order valence-corrected chi connectivity index (χ4v) is 5.83. The van der Waals surface area contributed by atoms with Gasteiger partial charge in [0, 0.05) is 12.8 Å². The van der Waals surface area contributed by atoms with Crippen LogP contribution in [0.25, 0.3) is 0 Å². The normalized spacial score (nSPS) is 13.2. The third-order valence-corrected chi connectivity index (χ3v) is 9.04. The van der Waals surface area contributed by atoms with E-state index < -0.39 is 32.5 Å². The molecular formula is C44H75O8P. The summed E-state index contributed by atoms with van der Waals surface area (Å²) in [5.74, 6) is -0.945. The van der Waals surface area contributed by atoms with Crippen LogP contribution >= 0.6 is 7.82 Å². The maximum atomic E-state index is 12.4. The first-order valence-electron chi connectivity index (χ1n) is 20.8. The van der Waals surface area contributed by atoms with Gasteiger partial charge in [0.05, 0.1) is 6.61 Å². The largest absolute Gasteiger partial charge is 0.469 e. The molecule has 0 heterocycles. The lowest BCUT2D eigenvalue weighted by molar-refractivity contribution is -0.161. The Bertz CT molecular complexity index is 1080. The minimum atomic E-state index is -4.77. The Morgan fingerprint density at radius 1 is 0.528 bits per heavy atom. The highest BCUT2D eigenvalue weighted by Gasteiger charge is 2.22. The van der Waals surface area contributed by atoms with E-state index in [2.05, 4.69) is 54.8 Å². The van der Waals surface area contributed by atoms with Gasteiger partial charge in [-0.3, -0.25) is 14.1 Å². The van der Waals surface area contributed by atoms with E-state index in [1.165, 1.54) is 77.0 Å². The highest BCUT2D eigenvalue weighted by Crippen LogP contribution is 2.36. The average molecular weight is 763 g/mol. The summed E-state index contributed by atoms with van der Waals surface area (Å²) in [7, 11) is -4.77. The molecule has 0 aliphatic heterocycles. The zero-order valence-corrected chi connectivity index (χ0v) is 34.3. The quantitative estimate of drug-likeness (QED) is 0.0211. The number of carbonyl (C=O) groups excluding carboxylic acids is 2. The first-order valence-corrected chi connectivity index (χ1v) is 22.3. The van der Waals surface area contributed by atoms with E-state index in [4.69, 9.17) is 19.3 Å². The molecular weight excluding hydrogens is 687 g/mol. The van der Waals surface area contributed by atoms with Crippen molar-refractivity contribution in [1.29, 1.82) is 0 Å². The lowest BCUT2D eigenvalue weighted by atomic mass is 10.1. The van der Waals surface area contributed by atoms with Gasteiger partial charge in [-0.15, -0.1) is 0 Å². The van der Waals surface area contributed by atoms with Crippen LogP contribution in [0, 0.1) is 0 Å². The minimum absolute atomic E-state index is 0.161. The Morgan fingerprint density at radius 3 is 1.53 bits per heavy atom. The number of unbranched alkanes of at least 4 members (excludes halogenated alkanes) is 18. The number of hydrogen-bond acceptors (Lipinski definition) is 6. The number of phosphoric acid groups is 1. The summed E-state index contributed by atoms with van der Waals surface area (Å²) in [6.45, 7) is 3.49. The third kappa shape index (κ3) is 42.1. The number of ether oxygens (including phenoxy) is 2. The van der Waals surface area contributed by atoms with Gasteiger partial charge in [-0.05, 0) is 64.2 Å². The van der Waals surface area contributed by atoms with E-state index in [-0.39, 0.29) is 19.4 Å². The summed E-state index contributed by atoms with van der Waals surface area (Å²) in [6, 6.07) is 0. The average Bonchev–Trinajstić information content (AvgIpc) is 3.13. The van der Waals surface area contributed by atoms with E-state index in [1.54, 1.807) is 0 Å². The Kier molecular flexibility index (Phi) is 37.3. The second-order valence-corrected chi connectivity index (χ2v) is 14.9. The summed E-state index contributed by atoms with van der Waals surface area (Å²) in [4.78, 5) is 42.8. The molecule has 0 saturated heterocycles. The van der Waals surface area contributed by atoms with Gasteiger partial charge in [-0.2, -0.15) is 0 Å². The first-order chi connectivity index (χ1) is 25.8. The predicted octanol–water partition coefficient (Wildman–Crippen LogP) is 12.7. The Morgan fingerprint density at radius 2 is 0.981 bits per heavy atom. The van der Waals surface area contributed by atoms with Gasteiger partial charge in [0.2, 0.25) is 0 Å². The fourth-order valence-electron chi connectivity index (χ4n) is 5.47. The molecule has 0 rings (SSSR count). The maximum Gasteiger partial charge on any atom is 0.469 e. The standard InChI is InChI=1S/C44H75O8P/c1-3-5-7-9-11-13-15-17-18-19-20-21-22-23-24-25-27-28-30-32-34-36-38-43(45)50-40-42(41-51-53(47,48)49)52-44(46)39-37-35-33-31-29-26-16-14-12-10-8-6-4-2/h6,8,10,12,14,16,19-20,22-23,26,29,42H,3-5,7,9,11,13,15,17-18,21,24-25,27-28,30-41H2,1-2H3,(H2,47,48,49)/b8-6+,12-10+,16-14+,20-19+,23-22+,29-26+. The number of esters is 2. The van der Waals surface area contributed by atoms with Crippen LogP contribution in [0.3, 0.4) is 0 Å². The molecule has 0 aliphatic rings. The van der Waals surface area contributed by atoms with Crippen LogP contribution in [0.1, 0.15) is 174 Å². The van der Waals surface area contributed by atoms with Crippen LogP contribution in [0.4, 0.5) is 0 Å². The van der Waals surface area contributed by atoms with Crippen LogP contribution in [0.5, 0.6) is 0 Å². The molecule has 304 valence electrons. The molecule has 0 aromatic carbocycles. The van der Waals surface area contributed by atoms with E-state index in [0.29, 0.717) is 12.8 Å². The van der Waals surface area contributed by atoms with Crippen LogP contribution in [0.15, 0.2) is 72.9 Å². The summed E-state index contributed by atoms with van der Waals surface area (Å²) < 4.78 is 26.3. The number of phosphoric ester groups is 1. The number of rotatable bonds is 37. The molecule has 1 atom stereocenters. The molecule has 0 aromatic rings. The fraction of sp³-hybridized carbons (Fsp3) is 0.682. The summed E-state index contributed by atoms with van der Waals surface area (Å²) in [5, 5.41) is 0. The highest BCUT2D eigenvalue weighted by atomic mass is 31.2. The van der Waals surface area contributed by atoms with Gasteiger partial charge in [0.15, 0.2) is 6.10 Å². The van der Waals surface area contributed by atoms with Crippen molar-refractivity contribution >= 4 is 19.8 Å². The van der Waals surface area contributed by atoms with Crippen LogP contribution in [0.2, 0.25) is 0 Å². The molecule has 0 aromatic heterocycles. The molecule has 0 spiro atoms. The number of allylic oxidation sites excluding steroid dienone is 12. The Hall–Kier alpha value is -2.51. The zero-order chi connectivity index (χ0) is 38.9. The van der Waals surface area contributed by atoms with E-state index in [0.717, 1.165) is 57.8 Å².